The third kappa shape index (κ3) is 69.3. The highest BCUT2D eigenvalue weighted by atomic mass is 16.6. The third-order valence-corrected chi connectivity index (χ3v) is 15.9. The van der Waals surface area contributed by atoms with Gasteiger partial charge in [0.1, 0.15) is 13.2 Å². The predicted molar refractivity (Wildman–Crippen MR) is 362 cm³/mol. The van der Waals surface area contributed by atoms with Crippen molar-refractivity contribution < 1.29 is 28.6 Å². The highest BCUT2D eigenvalue weighted by Crippen LogP contribution is 2.18. The lowest BCUT2D eigenvalue weighted by Crippen LogP contribution is -2.30. The number of allylic oxidation sites excluding steroid dienone is 14. The monoisotopic (exact) mass is 1160 g/mol. The maximum absolute atomic E-state index is 13.0. The Morgan fingerprint density at radius 1 is 0.253 bits per heavy atom. The molecule has 83 heavy (non-hydrogen) atoms. The molecular weight excluding hydrogens is 1020 g/mol. The second-order valence-electron chi connectivity index (χ2n) is 24.1. The fourth-order valence-electron chi connectivity index (χ4n) is 10.6. The smallest absolute Gasteiger partial charge is 0.306 e. The zero-order chi connectivity index (χ0) is 59.9. The summed E-state index contributed by atoms with van der Waals surface area (Å²) in [4.78, 5) is 38.5. The Hall–Kier alpha value is -3.41. The van der Waals surface area contributed by atoms with E-state index in [2.05, 4.69) is 106 Å². The first kappa shape index (κ1) is 79.6. The lowest BCUT2D eigenvalue weighted by Gasteiger charge is -2.18. The highest BCUT2D eigenvalue weighted by Gasteiger charge is 2.19. The summed E-state index contributed by atoms with van der Waals surface area (Å²) in [6.07, 6.45) is 94.7. The summed E-state index contributed by atoms with van der Waals surface area (Å²) in [5.74, 6) is -0.928. The predicted octanol–water partition coefficient (Wildman–Crippen LogP) is 25.0. The fourth-order valence-corrected chi connectivity index (χ4v) is 10.6. The SMILES string of the molecule is CC/C=C\C/C=C\C/C=C\C/C=C\C/C=C\C/C=C\C/C=C\CCCC(=O)OCC(COC(=O)CCCCCCCCCCCCCCCCCCCCCC)OC(=O)CCCCCCCCCCCCCCCCCCCCCCCC. The van der Waals surface area contributed by atoms with Crippen molar-refractivity contribution >= 4 is 17.9 Å². The van der Waals surface area contributed by atoms with Gasteiger partial charge in [-0.15, -0.1) is 0 Å². The Bertz CT molecular complexity index is 1570. The van der Waals surface area contributed by atoms with E-state index in [0.29, 0.717) is 19.3 Å². The minimum atomic E-state index is -0.800. The first-order valence-electron chi connectivity index (χ1n) is 36.1. The Balaban J connectivity index is 4.43. The maximum Gasteiger partial charge on any atom is 0.306 e. The van der Waals surface area contributed by atoms with Crippen LogP contribution >= 0.6 is 0 Å². The molecule has 6 heteroatoms. The van der Waals surface area contributed by atoms with E-state index in [0.717, 1.165) is 89.9 Å². The van der Waals surface area contributed by atoms with Crippen LogP contribution in [0.5, 0.6) is 0 Å². The number of carbonyl (C=O) groups excluding carboxylic acids is 3. The molecule has 0 spiro atoms. The first-order chi connectivity index (χ1) is 41.0. The average Bonchev–Trinajstić information content (AvgIpc) is 3.49. The minimum absolute atomic E-state index is 0.0895. The molecule has 1 atom stereocenters. The van der Waals surface area contributed by atoms with Crippen LogP contribution in [0.1, 0.15) is 367 Å². The Kier molecular flexibility index (Phi) is 68.2. The quantitative estimate of drug-likeness (QED) is 0.0261. The Morgan fingerprint density at radius 3 is 0.735 bits per heavy atom. The second kappa shape index (κ2) is 71.1. The van der Waals surface area contributed by atoms with Crippen molar-refractivity contribution in [3.63, 3.8) is 0 Å². The van der Waals surface area contributed by atoms with Gasteiger partial charge in [0.2, 0.25) is 0 Å². The summed E-state index contributed by atoms with van der Waals surface area (Å²) in [6, 6.07) is 0. The minimum Gasteiger partial charge on any atom is -0.462 e. The summed E-state index contributed by atoms with van der Waals surface area (Å²) in [6.45, 7) is 6.55. The molecular formula is C77H136O6. The van der Waals surface area contributed by atoms with Crippen molar-refractivity contribution in [2.75, 3.05) is 13.2 Å². The molecule has 0 saturated heterocycles. The van der Waals surface area contributed by atoms with Gasteiger partial charge >= 0.3 is 17.9 Å². The zero-order valence-corrected chi connectivity index (χ0v) is 55.2. The zero-order valence-electron chi connectivity index (χ0n) is 55.2. The molecule has 0 aromatic heterocycles. The van der Waals surface area contributed by atoms with Gasteiger partial charge in [-0.3, -0.25) is 14.4 Å². The first-order valence-corrected chi connectivity index (χ1v) is 36.1. The van der Waals surface area contributed by atoms with Gasteiger partial charge in [0.15, 0.2) is 6.10 Å². The summed E-state index contributed by atoms with van der Waals surface area (Å²) < 4.78 is 17.0. The van der Waals surface area contributed by atoms with Crippen molar-refractivity contribution in [3.05, 3.63) is 85.1 Å². The Labute approximate surface area is 515 Å². The molecule has 0 radical (unpaired) electrons. The molecule has 0 aromatic carbocycles. The topological polar surface area (TPSA) is 78.9 Å². The molecule has 0 amide bonds. The molecule has 0 bridgehead atoms. The van der Waals surface area contributed by atoms with Gasteiger partial charge in [0, 0.05) is 19.3 Å². The van der Waals surface area contributed by atoms with Crippen molar-refractivity contribution in [3.8, 4) is 0 Å². The molecule has 0 aliphatic carbocycles. The summed E-state index contributed by atoms with van der Waals surface area (Å²) >= 11 is 0. The van der Waals surface area contributed by atoms with Gasteiger partial charge in [0.05, 0.1) is 0 Å². The molecule has 0 heterocycles. The number of carbonyl (C=O) groups is 3. The fraction of sp³-hybridized carbons (Fsp3) is 0.779. The summed E-state index contributed by atoms with van der Waals surface area (Å²) in [7, 11) is 0. The van der Waals surface area contributed by atoms with Crippen LogP contribution in [0.4, 0.5) is 0 Å². The Morgan fingerprint density at radius 2 is 0.470 bits per heavy atom. The molecule has 0 aromatic rings. The molecule has 0 N–H and O–H groups in total. The van der Waals surface area contributed by atoms with Crippen LogP contribution in [0, 0.1) is 0 Å². The molecule has 1 unspecified atom stereocenters. The van der Waals surface area contributed by atoms with Crippen molar-refractivity contribution in [1.82, 2.24) is 0 Å². The third-order valence-electron chi connectivity index (χ3n) is 15.9. The van der Waals surface area contributed by atoms with Crippen molar-refractivity contribution in [2.24, 2.45) is 0 Å². The normalized spacial score (nSPS) is 12.6. The van der Waals surface area contributed by atoms with E-state index in [1.165, 1.54) is 231 Å². The van der Waals surface area contributed by atoms with Crippen LogP contribution in [0.2, 0.25) is 0 Å². The van der Waals surface area contributed by atoms with Gasteiger partial charge in [-0.1, -0.05) is 363 Å². The number of unbranched alkanes of at least 4 members (excludes halogenated alkanes) is 41. The van der Waals surface area contributed by atoms with Crippen molar-refractivity contribution in [2.45, 2.75) is 374 Å². The number of rotatable bonds is 66. The van der Waals surface area contributed by atoms with E-state index in [4.69, 9.17) is 14.2 Å². The lowest BCUT2D eigenvalue weighted by molar-refractivity contribution is -0.167. The summed E-state index contributed by atoms with van der Waals surface area (Å²) in [5.41, 5.74) is 0. The van der Waals surface area contributed by atoms with Gasteiger partial charge < -0.3 is 14.2 Å². The average molecular weight is 1160 g/mol. The number of hydrogen-bond donors (Lipinski definition) is 0. The van der Waals surface area contributed by atoms with E-state index in [9.17, 15) is 14.4 Å². The van der Waals surface area contributed by atoms with E-state index in [-0.39, 0.29) is 37.5 Å². The van der Waals surface area contributed by atoms with E-state index < -0.39 is 6.10 Å². The molecule has 6 nitrogen and oxygen atoms in total. The van der Waals surface area contributed by atoms with Crippen LogP contribution in [0.15, 0.2) is 85.1 Å². The van der Waals surface area contributed by atoms with Crippen LogP contribution in [0.3, 0.4) is 0 Å². The highest BCUT2D eigenvalue weighted by molar-refractivity contribution is 5.71. The van der Waals surface area contributed by atoms with Crippen LogP contribution in [-0.4, -0.2) is 37.2 Å². The number of ether oxygens (including phenoxy) is 3. The molecule has 0 fully saturated rings. The second-order valence-corrected chi connectivity index (χ2v) is 24.1. The van der Waals surface area contributed by atoms with Crippen LogP contribution < -0.4 is 0 Å². The van der Waals surface area contributed by atoms with Crippen molar-refractivity contribution in [1.29, 1.82) is 0 Å². The van der Waals surface area contributed by atoms with E-state index in [1.807, 2.05) is 0 Å². The van der Waals surface area contributed by atoms with E-state index in [1.54, 1.807) is 0 Å². The van der Waals surface area contributed by atoms with Crippen LogP contribution in [0.25, 0.3) is 0 Å². The molecule has 0 rings (SSSR count). The standard InChI is InChI=1S/C77H136O6/c1-4-7-10-13-16-19-22-25-28-31-34-37-39-41-43-46-49-52-55-58-61-64-67-70-76(79)82-73-74(72-81-75(78)69-66-63-60-57-54-51-48-45-42-36-33-30-27-24-21-18-15-12-9-6-3)83-77(80)71-68-65-62-59-56-53-50-47-44-40-38-35-32-29-26-23-20-17-14-11-8-5-2/h7,10,16,19,25,28,34,37,41,43,49,52,58,61,74H,4-6,8-9,11-15,17-18,20-24,26-27,29-33,35-36,38-40,42,44-48,50-51,53-57,59-60,62-73H2,1-3H3/b10-7-,19-16-,28-25-,37-34-,43-41-,52-49-,61-58-. The van der Waals surface area contributed by atoms with Gasteiger partial charge in [-0.2, -0.15) is 0 Å². The maximum atomic E-state index is 13.0. The van der Waals surface area contributed by atoms with Crippen LogP contribution in [-0.2, 0) is 28.6 Å². The number of esters is 3. The lowest BCUT2D eigenvalue weighted by atomic mass is 10.0. The molecule has 480 valence electrons. The van der Waals surface area contributed by atoms with E-state index >= 15 is 0 Å². The largest absolute Gasteiger partial charge is 0.462 e. The summed E-state index contributed by atoms with van der Waals surface area (Å²) in [5, 5.41) is 0. The van der Waals surface area contributed by atoms with Gasteiger partial charge in [-0.25, -0.2) is 0 Å². The van der Waals surface area contributed by atoms with Gasteiger partial charge in [-0.05, 0) is 70.6 Å². The molecule has 0 aliphatic heterocycles. The number of hydrogen-bond acceptors (Lipinski definition) is 6. The molecule has 0 saturated carbocycles. The van der Waals surface area contributed by atoms with Gasteiger partial charge in [0.25, 0.3) is 0 Å². The molecule has 0 aliphatic rings.